The monoisotopic (exact) mass is 986 g/mol. The first-order valence-corrected chi connectivity index (χ1v) is 28.3. The van der Waals surface area contributed by atoms with Crippen molar-refractivity contribution < 1.29 is 32.4 Å². The zero-order valence-corrected chi connectivity index (χ0v) is 45.0. The van der Waals surface area contributed by atoms with Crippen LogP contribution in [0.2, 0.25) is 18.1 Å². The molecule has 4 aromatic carbocycles. The van der Waals surface area contributed by atoms with Crippen molar-refractivity contribution in [3.63, 3.8) is 0 Å². The van der Waals surface area contributed by atoms with E-state index in [4.69, 9.17) is 47.4 Å². The first kappa shape index (κ1) is 52.7. The molecular formula is C55H71N6O7PSi. The lowest BCUT2D eigenvalue weighted by Gasteiger charge is -2.42. The Morgan fingerprint density at radius 3 is 1.96 bits per heavy atom. The smallest absolute Gasteiger partial charge is 0.259 e. The summed E-state index contributed by atoms with van der Waals surface area (Å²) in [5, 5.41) is 9.50. The average Bonchev–Trinajstić information content (AvgIpc) is 3.92. The van der Waals surface area contributed by atoms with Crippen LogP contribution in [0.1, 0.15) is 103 Å². The summed E-state index contributed by atoms with van der Waals surface area (Å²) in [4.78, 5) is 14.7. The number of ether oxygens (including phenoxy) is 4. The third kappa shape index (κ3) is 11.2. The second-order valence-electron chi connectivity index (χ2n) is 20.2. The fraction of sp³-hybridized carbons (Fsp3) is 0.455. The van der Waals surface area contributed by atoms with Crippen LogP contribution in [0.3, 0.4) is 0 Å². The topological polar surface area (TPSA) is 135 Å². The maximum absolute atomic E-state index is 9.69. The van der Waals surface area contributed by atoms with Crippen LogP contribution in [0.5, 0.6) is 11.5 Å². The molecule has 0 radical (unpaired) electrons. The van der Waals surface area contributed by atoms with Crippen molar-refractivity contribution in [3.05, 3.63) is 138 Å². The van der Waals surface area contributed by atoms with Crippen LogP contribution in [0.25, 0.3) is 22.4 Å². The summed E-state index contributed by atoms with van der Waals surface area (Å²) in [5.41, 5.74) is 5.63. The molecule has 0 amide bonds. The molecule has 0 saturated carbocycles. The number of rotatable bonds is 21. The van der Waals surface area contributed by atoms with Gasteiger partial charge in [0.2, 0.25) is 0 Å². The Labute approximate surface area is 417 Å². The van der Waals surface area contributed by atoms with Gasteiger partial charge < -0.3 is 32.4 Å². The summed E-state index contributed by atoms with van der Waals surface area (Å²) in [6.45, 7) is 24.3. The zero-order chi connectivity index (χ0) is 50.4. The highest BCUT2D eigenvalue weighted by atomic mass is 31.2. The Balaban J connectivity index is 1.43. The van der Waals surface area contributed by atoms with Crippen molar-refractivity contribution in [2.75, 3.05) is 27.4 Å². The number of fused-ring (bicyclic) bond motifs is 1. The molecule has 0 spiro atoms. The maximum atomic E-state index is 9.69. The number of imidazole rings is 1. The van der Waals surface area contributed by atoms with Crippen molar-refractivity contribution in [1.82, 2.24) is 24.2 Å². The molecule has 1 aliphatic rings. The van der Waals surface area contributed by atoms with E-state index in [-0.39, 0.29) is 36.8 Å². The molecule has 15 heteroatoms. The fourth-order valence-electron chi connectivity index (χ4n) is 8.81. The van der Waals surface area contributed by atoms with E-state index in [0.29, 0.717) is 17.1 Å². The molecule has 2 aromatic heterocycles. The lowest BCUT2D eigenvalue weighted by Crippen LogP contribution is -2.50. The van der Waals surface area contributed by atoms with Crippen molar-refractivity contribution in [1.29, 1.82) is 5.26 Å². The number of hydrogen-bond donors (Lipinski definition) is 0. The molecule has 1 unspecified atom stereocenters. The van der Waals surface area contributed by atoms with Gasteiger partial charge in [-0.3, -0.25) is 4.57 Å². The molecule has 6 aromatic rings. The van der Waals surface area contributed by atoms with Crippen molar-refractivity contribution in [2.45, 2.75) is 135 Å². The van der Waals surface area contributed by atoms with Gasteiger partial charge in [0.05, 0.1) is 46.3 Å². The molecule has 1 fully saturated rings. The summed E-state index contributed by atoms with van der Waals surface area (Å²) in [6.07, 6.45) is 0.603. The molecule has 372 valence electrons. The van der Waals surface area contributed by atoms with E-state index in [1.807, 2.05) is 71.3 Å². The van der Waals surface area contributed by atoms with Gasteiger partial charge in [0.1, 0.15) is 52.9 Å². The lowest BCUT2D eigenvalue weighted by molar-refractivity contribution is -0.0926. The minimum atomic E-state index is -2.61. The molecular weight excluding hydrogens is 916 g/mol. The summed E-state index contributed by atoms with van der Waals surface area (Å²) in [5.74, 6) is 1.77. The number of nitriles is 1. The van der Waals surface area contributed by atoms with Crippen LogP contribution in [0.15, 0.2) is 116 Å². The van der Waals surface area contributed by atoms with E-state index in [9.17, 15) is 5.26 Å². The van der Waals surface area contributed by atoms with Gasteiger partial charge in [-0.2, -0.15) is 5.26 Å². The molecule has 3 heterocycles. The van der Waals surface area contributed by atoms with Gasteiger partial charge in [0.25, 0.3) is 8.53 Å². The van der Waals surface area contributed by atoms with E-state index in [2.05, 4.69) is 123 Å². The molecule has 7 rings (SSSR count). The number of benzene rings is 4. The summed E-state index contributed by atoms with van der Waals surface area (Å²) < 4.78 is 52.3. The molecule has 70 heavy (non-hydrogen) atoms. The van der Waals surface area contributed by atoms with E-state index in [1.165, 1.54) is 5.56 Å². The van der Waals surface area contributed by atoms with Gasteiger partial charge in [-0.1, -0.05) is 107 Å². The normalized spacial score (nSPS) is 18.3. The Hall–Kier alpha value is -5.07. The summed E-state index contributed by atoms with van der Waals surface area (Å²) >= 11 is 0. The van der Waals surface area contributed by atoms with E-state index >= 15 is 0 Å². The van der Waals surface area contributed by atoms with Crippen LogP contribution < -0.4 is 9.47 Å². The van der Waals surface area contributed by atoms with Gasteiger partial charge in [0.15, 0.2) is 20.2 Å². The molecule has 13 nitrogen and oxygen atoms in total. The maximum Gasteiger partial charge on any atom is 0.259 e. The number of aromatic nitrogens is 4. The van der Waals surface area contributed by atoms with E-state index in [1.54, 1.807) is 26.9 Å². The standard InChI is InChI=1S/C55H71N6O7PSi/c1-37(2)40-19-17-20-41(33-40)48-49-52(58-35-57-48)60(36-59-49)53-51(68-70(12,13)54(7,8)9)50(67-69(65-32-18-31-56)61(38(3)4)39(5)6)47(66-53)34-64-55(42-21-15-14-16-22-42,43-23-27-45(62-10)28-24-43)44-25-29-46(63-11)30-26-44/h14-17,19-30,33,35-39,47,50-51,53H,18,32,34H2,1-13H3/t47-,50-,51-,53-,69?/m1/s1. The van der Waals surface area contributed by atoms with Crippen LogP contribution in [0.4, 0.5) is 0 Å². The zero-order valence-electron chi connectivity index (χ0n) is 43.1. The van der Waals surface area contributed by atoms with Gasteiger partial charge >= 0.3 is 0 Å². The first-order chi connectivity index (χ1) is 33.4. The third-order valence-electron chi connectivity index (χ3n) is 13.5. The van der Waals surface area contributed by atoms with Crippen LogP contribution in [-0.2, 0) is 28.5 Å². The average molecular weight is 987 g/mol. The van der Waals surface area contributed by atoms with Gasteiger partial charge in [-0.05, 0) is 104 Å². The number of hydrogen-bond acceptors (Lipinski definition) is 12. The van der Waals surface area contributed by atoms with Crippen LogP contribution >= 0.6 is 8.53 Å². The number of methoxy groups -OCH3 is 2. The number of nitrogens with zero attached hydrogens (tertiary/aromatic N) is 6. The lowest BCUT2D eigenvalue weighted by atomic mass is 9.80. The van der Waals surface area contributed by atoms with Gasteiger partial charge in [-0.15, -0.1) is 0 Å². The highest BCUT2D eigenvalue weighted by molar-refractivity contribution is 7.44. The predicted molar refractivity (Wildman–Crippen MR) is 279 cm³/mol. The molecule has 1 saturated heterocycles. The Bertz CT molecular complexity index is 2610. The molecule has 5 atom stereocenters. The Morgan fingerprint density at radius 1 is 0.786 bits per heavy atom. The second-order valence-corrected chi connectivity index (χ2v) is 26.3. The highest BCUT2D eigenvalue weighted by Crippen LogP contribution is 2.53. The summed E-state index contributed by atoms with van der Waals surface area (Å²) in [7, 11) is -1.07. The Kier molecular flexibility index (Phi) is 17.0. The van der Waals surface area contributed by atoms with Crippen molar-refractivity contribution >= 4 is 28.0 Å². The fourth-order valence-corrected chi connectivity index (χ4v) is 11.9. The predicted octanol–water partition coefficient (Wildman–Crippen LogP) is 12.6. The second kappa shape index (κ2) is 22.6. The Morgan fingerprint density at radius 2 is 1.40 bits per heavy atom. The third-order valence-corrected chi connectivity index (χ3v) is 20.1. The van der Waals surface area contributed by atoms with Crippen molar-refractivity contribution in [2.24, 2.45) is 0 Å². The van der Waals surface area contributed by atoms with Crippen molar-refractivity contribution in [3.8, 4) is 28.8 Å². The SMILES string of the molecule is COc1ccc(C(OC[C@H]2O[C@@H](n3cnc4c(-c5cccc(C(C)C)c5)ncnc43)[C@H](O[Si](C)(C)C(C)(C)C)[C@@H]2OP(OCCC#N)N(C(C)C)C(C)C)(c2ccccc2)c2ccc(OC)cc2)cc1. The van der Waals surface area contributed by atoms with Crippen LogP contribution in [-0.4, -0.2) is 90.3 Å². The molecule has 0 bridgehead atoms. The molecule has 0 aliphatic carbocycles. The minimum absolute atomic E-state index is 0.0403. The quantitative estimate of drug-likeness (QED) is 0.0294. The van der Waals surface area contributed by atoms with Crippen LogP contribution in [0, 0.1) is 11.3 Å². The van der Waals surface area contributed by atoms with Gasteiger partial charge in [0, 0.05) is 17.6 Å². The molecule has 1 aliphatic heterocycles. The first-order valence-electron chi connectivity index (χ1n) is 24.3. The summed E-state index contributed by atoms with van der Waals surface area (Å²) in [6, 6.07) is 37.0. The minimum Gasteiger partial charge on any atom is -0.497 e. The largest absolute Gasteiger partial charge is 0.497 e. The van der Waals surface area contributed by atoms with E-state index < -0.39 is 47.0 Å². The van der Waals surface area contributed by atoms with E-state index in [0.717, 1.165) is 39.4 Å². The molecule has 0 N–H and O–H groups in total. The highest BCUT2D eigenvalue weighted by Gasteiger charge is 2.54. The van der Waals surface area contributed by atoms with Gasteiger partial charge in [-0.25, -0.2) is 19.6 Å².